The summed E-state index contributed by atoms with van der Waals surface area (Å²) >= 11 is 0. The first-order valence-electron chi connectivity index (χ1n) is 5.84. The first-order valence-corrected chi connectivity index (χ1v) is 5.84. The van der Waals surface area contributed by atoms with E-state index in [1.54, 1.807) is 7.11 Å². The van der Waals surface area contributed by atoms with Crippen molar-refractivity contribution in [3.63, 3.8) is 0 Å². The number of ether oxygens (including phenoxy) is 1. The van der Waals surface area contributed by atoms with Gasteiger partial charge in [-0.3, -0.25) is 0 Å². The molecule has 3 nitrogen and oxygen atoms in total. The van der Waals surface area contributed by atoms with Crippen molar-refractivity contribution in [2.24, 2.45) is 0 Å². The number of rotatable bonds is 3. The van der Waals surface area contributed by atoms with Gasteiger partial charge in [0.1, 0.15) is 11.8 Å². The van der Waals surface area contributed by atoms with Crippen molar-refractivity contribution in [1.82, 2.24) is 0 Å². The molecule has 0 aliphatic carbocycles. The second kappa shape index (κ2) is 5.71. The van der Waals surface area contributed by atoms with Gasteiger partial charge in [-0.15, -0.1) is 0 Å². The summed E-state index contributed by atoms with van der Waals surface area (Å²) in [5.41, 5.74) is 2.98. The van der Waals surface area contributed by atoms with Gasteiger partial charge in [0.15, 0.2) is 0 Å². The van der Waals surface area contributed by atoms with Crippen molar-refractivity contribution in [2.75, 3.05) is 7.11 Å². The van der Waals surface area contributed by atoms with Gasteiger partial charge in [-0.05, 0) is 11.1 Å². The van der Waals surface area contributed by atoms with Crippen LogP contribution in [0.2, 0.25) is 0 Å². The zero-order chi connectivity index (χ0) is 13.7. The normalized spacial score (nSPS) is 9.42. The molecule has 0 saturated heterocycles. The fourth-order valence-electron chi connectivity index (χ4n) is 2.04. The average molecular weight is 248 g/mol. The van der Waals surface area contributed by atoms with E-state index < -0.39 is 0 Å². The summed E-state index contributed by atoms with van der Waals surface area (Å²) in [5, 5.41) is 18.1. The van der Waals surface area contributed by atoms with Gasteiger partial charge in [0, 0.05) is 5.56 Å². The number of methoxy groups -OCH3 is 1. The van der Waals surface area contributed by atoms with Crippen LogP contribution in [0, 0.1) is 22.7 Å². The van der Waals surface area contributed by atoms with Crippen LogP contribution >= 0.6 is 0 Å². The Balaban J connectivity index is 2.65. The van der Waals surface area contributed by atoms with Gasteiger partial charge in [-0.25, -0.2) is 0 Å². The molecule has 2 rings (SSSR count). The molecule has 92 valence electrons. The molecule has 2 aromatic rings. The Kier molecular flexibility index (Phi) is 3.81. The lowest BCUT2D eigenvalue weighted by atomic mass is 9.96. The summed E-state index contributed by atoms with van der Waals surface area (Å²) in [6.07, 6.45) is 0.203. The molecule has 0 fully saturated rings. The zero-order valence-electron chi connectivity index (χ0n) is 10.6. The van der Waals surface area contributed by atoms with E-state index >= 15 is 0 Å². The average Bonchev–Trinajstić information content (AvgIpc) is 2.47. The molecule has 0 aliphatic heterocycles. The first kappa shape index (κ1) is 12.7. The van der Waals surface area contributed by atoms with Gasteiger partial charge in [0.05, 0.1) is 25.2 Å². The Morgan fingerprint density at radius 2 is 1.79 bits per heavy atom. The fraction of sp³-hybridized carbons (Fsp3) is 0.125. The van der Waals surface area contributed by atoms with E-state index in [9.17, 15) is 5.26 Å². The van der Waals surface area contributed by atoms with Crippen molar-refractivity contribution >= 4 is 0 Å². The fourth-order valence-corrected chi connectivity index (χ4v) is 2.04. The van der Waals surface area contributed by atoms with E-state index in [4.69, 9.17) is 10.00 Å². The van der Waals surface area contributed by atoms with Crippen LogP contribution in [0.3, 0.4) is 0 Å². The smallest absolute Gasteiger partial charge is 0.144 e. The van der Waals surface area contributed by atoms with Gasteiger partial charge in [-0.2, -0.15) is 10.5 Å². The molecule has 3 heteroatoms. The first-order chi connectivity index (χ1) is 9.31. The molecule has 0 heterocycles. The molecule has 0 spiro atoms. The van der Waals surface area contributed by atoms with E-state index in [0.29, 0.717) is 16.9 Å². The molecule has 0 aliphatic rings. The monoisotopic (exact) mass is 248 g/mol. The van der Waals surface area contributed by atoms with Gasteiger partial charge in [-0.1, -0.05) is 42.5 Å². The van der Waals surface area contributed by atoms with E-state index in [1.807, 2.05) is 42.5 Å². The third-order valence-corrected chi connectivity index (χ3v) is 2.91. The molecular formula is C16H12N2O. The Morgan fingerprint density at radius 3 is 2.37 bits per heavy atom. The number of benzene rings is 2. The van der Waals surface area contributed by atoms with Crippen molar-refractivity contribution in [3.05, 3.63) is 53.6 Å². The van der Waals surface area contributed by atoms with Crippen LogP contribution < -0.4 is 4.74 Å². The number of nitrogens with zero attached hydrogens (tertiary/aromatic N) is 2. The highest BCUT2D eigenvalue weighted by atomic mass is 16.5. The van der Waals surface area contributed by atoms with Crippen LogP contribution in [0.1, 0.15) is 11.1 Å². The Labute approximate surface area is 112 Å². The number of hydrogen-bond acceptors (Lipinski definition) is 3. The van der Waals surface area contributed by atoms with E-state index in [1.165, 1.54) is 0 Å². The highest BCUT2D eigenvalue weighted by molar-refractivity contribution is 5.75. The highest BCUT2D eigenvalue weighted by Gasteiger charge is 2.14. The SMILES string of the molecule is COc1c(-c2ccccc2)ccc(CC#N)c1C#N. The van der Waals surface area contributed by atoms with E-state index in [2.05, 4.69) is 12.1 Å². The van der Waals surface area contributed by atoms with Gasteiger partial charge in [0.2, 0.25) is 0 Å². The third kappa shape index (κ3) is 2.41. The van der Waals surface area contributed by atoms with Gasteiger partial charge >= 0.3 is 0 Å². The summed E-state index contributed by atoms with van der Waals surface area (Å²) in [6.45, 7) is 0. The minimum absolute atomic E-state index is 0.203. The zero-order valence-corrected chi connectivity index (χ0v) is 10.6. The van der Waals surface area contributed by atoms with Crippen molar-refractivity contribution in [3.8, 4) is 29.0 Å². The summed E-state index contributed by atoms with van der Waals surface area (Å²) in [7, 11) is 1.54. The molecule has 2 aromatic carbocycles. The van der Waals surface area contributed by atoms with Crippen LogP contribution in [-0.2, 0) is 6.42 Å². The minimum atomic E-state index is 0.203. The van der Waals surface area contributed by atoms with Gasteiger partial charge in [0.25, 0.3) is 0 Å². The second-order valence-corrected chi connectivity index (χ2v) is 3.99. The van der Waals surface area contributed by atoms with Crippen molar-refractivity contribution in [2.45, 2.75) is 6.42 Å². The molecule has 0 atom stereocenters. The maximum absolute atomic E-state index is 9.29. The maximum Gasteiger partial charge on any atom is 0.144 e. The van der Waals surface area contributed by atoms with Crippen molar-refractivity contribution in [1.29, 1.82) is 10.5 Å². The Morgan fingerprint density at radius 1 is 1.05 bits per heavy atom. The molecule has 0 bridgehead atoms. The third-order valence-electron chi connectivity index (χ3n) is 2.91. The number of nitriles is 2. The molecule has 0 N–H and O–H groups in total. The summed E-state index contributed by atoms with van der Waals surface area (Å²) in [5.74, 6) is 0.529. The quantitative estimate of drug-likeness (QED) is 0.837. The van der Waals surface area contributed by atoms with Crippen LogP contribution in [0.25, 0.3) is 11.1 Å². The predicted molar refractivity (Wildman–Crippen MR) is 72.5 cm³/mol. The Bertz CT molecular complexity index is 664. The van der Waals surface area contributed by atoms with Crippen LogP contribution in [0.15, 0.2) is 42.5 Å². The van der Waals surface area contributed by atoms with Crippen LogP contribution in [0.4, 0.5) is 0 Å². The minimum Gasteiger partial charge on any atom is -0.495 e. The largest absolute Gasteiger partial charge is 0.495 e. The summed E-state index contributed by atoms with van der Waals surface area (Å²) in [4.78, 5) is 0. The predicted octanol–water partition coefficient (Wildman–Crippen LogP) is 3.30. The maximum atomic E-state index is 9.29. The molecular weight excluding hydrogens is 236 g/mol. The lowest BCUT2D eigenvalue weighted by Gasteiger charge is -2.12. The van der Waals surface area contributed by atoms with Crippen LogP contribution in [0.5, 0.6) is 5.75 Å². The van der Waals surface area contributed by atoms with E-state index in [-0.39, 0.29) is 6.42 Å². The van der Waals surface area contributed by atoms with Gasteiger partial charge < -0.3 is 4.74 Å². The molecule has 0 aromatic heterocycles. The molecule has 0 saturated carbocycles. The highest BCUT2D eigenvalue weighted by Crippen LogP contribution is 2.34. The lowest BCUT2D eigenvalue weighted by molar-refractivity contribution is 0.414. The standard InChI is InChI=1S/C16H12N2O/c1-19-16-14(12-5-3-2-4-6-12)8-7-13(9-10-17)15(16)11-18/h2-8H,9H2,1H3. The molecule has 19 heavy (non-hydrogen) atoms. The topological polar surface area (TPSA) is 56.8 Å². The number of hydrogen-bond donors (Lipinski definition) is 0. The summed E-state index contributed by atoms with van der Waals surface area (Å²) in [6, 6.07) is 17.6. The van der Waals surface area contributed by atoms with Crippen LogP contribution in [-0.4, -0.2) is 7.11 Å². The summed E-state index contributed by atoms with van der Waals surface area (Å²) < 4.78 is 5.38. The lowest BCUT2D eigenvalue weighted by Crippen LogP contribution is -1.97. The van der Waals surface area contributed by atoms with Crippen molar-refractivity contribution < 1.29 is 4.74 Å². The Hall–Kier alpha value is -2.78. The molecule has 0 amide bonds. The van der Waals surface area contributed by atoms with E-state index in [0.717, 1.165) is 11.1 Å². The second-order valence-electron chi connectivity index (χ2n) is 3.99. The molecule has 0 unspecified atom stereocenters. The molecule has 0 radical (unpaired) electrons.